The first-order chi connectivity index (χ1) is 7.47. The fourth-order valence-electron chi connectivity index (χ4n) is 2.00. The van der Waals surface area contributed by atoms with Gasteiger partial charge in [-0.2, -0.15) is 0 Å². The van der Waals surface area contributed by atoms with Gasteiger partial charge in [0.05, 0.1) is 12.2 Å². The van der Waals surface area contributed by atoms with Gasteiger partial charge in [0, 0.05) is 19.1 Å². The molecule has 6 heteroatoms. The summed E-state index contributed by atoms with van der Waals surface area (Å²) in [5, 5.41) is 2.94. The van der Waals surface area contributed by atoms with Crippen molar-refractivity contribution in [3.8, 4) is 0 Å². The van der Waals surface area contributed by atoms with Gasteiger partial charge in [-0.3, -0.25) is 4.79 Å². The molecule has 0 bridgehead atoms. The molecule has 1 saturated heterocycles. The molecule has 1 saturated carbocycles. The molecule has 5 nitrogen and oxygen atoms in total. The van der Waals surface area contributed by atoms with E-state index in [1.54, 1.807) is 0 Å². The zero-order valence-corrected chi connectivity index (χ0v) is 10.3. The van der Waals surface area contributed by atoms with Crippen LogP contribution >= 0.6 is 0 Å². The van der Waals surface area contributed by atoms with Crippen LogP contribution in [-0.4, -0.2) is 44.0 Å². The molecule has 16 heavy (non-hydrogen) atoms. The van der Waals surface area contributed by atoms with Gasteiger partial charge >= 0.3 is 0 Å². The highest BCUT2D eigenvalue weighted by Crippen LogP contribution is 2.22. The Labute approximate surface area is 96.2 Å². The molecule has 1 aliphatic carbocycles. The maximum atomic E-state index is 11.8. The van der Waals surface area contributed by atoms with E-state index in [0.717, 1.165) is 25.7 Å². The van der Waals surface area contributed by atoms with Crippen molar-refractivity contribution in [2.24, 2.45) is 5.92 Å². The summed E-state index contributed by atoms with van der Waals surface area (Å²) in [5.74, 6) is -0.139. The number of amides is 1. The standard InChI is InChI=1S/C10H18N2O3S/c1-16(14,15)12-6-2-3-8(7-12)10(13)11-9-4-5-9/h8-9H,2-7H2,1H3,(H,11,13)/t8-/m1/s1. The van der Waals surface area contributed by atoms with E-state index in [1.807, 2.05) is 0 Å². The third-order valence-electron chi connectivity index (χ3n) is 3.15. The van der Waals surface area contributed by atoms with Crippen LogP contribution in [0, 0.1) is 5.92 Å². The van der Waals surface area contributed by atoms with Crippen molar-refractivity contribution < 1.29 is 13.2 Å². The lowest BCUT2D eigenvalue weighted by Gasteiger charge is -2.30. The normalized spacial score (nSPS) is 27.7. The minimum absolute atomic E-state index is 0.0239. The Morgan fingerprint density at radius 2 is 2.00 bits per heavy atom. The van der Waals surface area contributed by atoms with E-state index in [0.29, 0.717) is 19.1 Å². The first-order valence-electron chi connectivity index (χ1n) is 5.72. The molecule has 0 spiro atoms. The maximum Gasteiger partial charge on any atom is 0.224 e. The van der Waals surface area contributed by atoms with E-state index >= 15 is 0 Å². The van der Waals surface area contributed by atoms with E-state index in [1.165, 1.54) is 10.6 Å². The summed E-state index contributed by atoms with van der Waals surface area (Å²) in [5.41, 5.74) is 0. The number of nitrogens with zero attached hydrogens (tertiary/aromatic N) is 1. The predicted molar refractivity (Wildman–Crippen MR) is 60.3 cm³/mol. The summed E-state index contributed by atoms with van der Waals surface area (Å²) in [7, 11) is -3.15. The molecule has 92 valence electrons. The van der Waals surface area contributed by atoms with Gasteiger partial charge in [0.2, 0.25) is 15.9 Å². The lowest BCUT2D eigenvalue weighted by atomic mass is 9.99. The second-order valence-corrected chi connectivity index (χ2v) is 6.73. The van der Waals surface area contributed by atoms with Crippen LogP contribution in [0.4, 0.5) is 0 Å². The molecule has 2 rings (SSSR count). The summed E-state index contributed by atoms with van der Waals surface area (Å²) in [4.78, 5) is 11.8. The lowest BCUT2D eigenvalue weighted by molar-refractivity contribution is -0.126. The minimum atomic E-state index is -3.15. The molecule has 1 N–H and O–H groups in total. The topological polar surface area (TPSA) is 66.5 Å². The van der Waals surface area contributed by atoms with Crippen LogP contribution < -0.4 is 5.32 Å². The van der Waals surface area contributed by atoms with Gasteiger partial charge in [0.25, 0.3) is 0 Å². The highest BCUT2D eigenvalue weighted by Gasteiger charge is 2.32. The quantitative estimate of drug-likeness (QED) is 0.758. The van der Waals surface area contributed by atoms with Gasteiger partial charge in [-0.25, -0.2) is 12.7 Å². The van der Waals surface area contributed by atoms with Crippen molar-refractivity contribution in [2.75, 3.05) is 19.3 Å². The van der Waals surface area contributed by atoms with Crippen molar-refractivity contribution in [1.82, 2.24) is 9.62 Å². The Morgan fingerprint density at radius 3 is 2.56 bits per heavy atom. The Hall–Kier alpha value is -0.620. The zero-order valence-electron chi connectivity index (χ0n) is 9.48. The fraction of sp³-hybridized carbons (Fsp3) is 0.900. The molecule has 0 aromatic rings. The highest BCUT2D eigenvalue weighted by atomic mass is 32.2. The average molecular weight is 246 g/mol. The van der Waals surface area contributed by atoms with Crippen LogP contribution in [-0.2, 0) is 14.8 Å². The van der Waals surface area contributed by atoms with Crippen molar-refractivity contribution in [3.63, 3.8) is 0 Å². The second-order valence-electron chi connectivity index (χ2n) is 4.74. The van der Waals surface area contributed by atoms with Crippen LogP contribution in [0.25, 0.3) is 0 Å². The van der Waals surface area contributed by atoms with Crippen LogP contribution in [0.2, 0.25) is 0 Å². The summed E-state index contributed by atoms with van der Waals surface area (Å²) in [6.07, 6.45) is 4.90. The maximum absolute atomic E-state index is 11.8. The largest absolute Gasteiger partial charge is 0.353 e. The Balaban J connectivity index is 1.92. The molecule has 1 heterocycles. The van der Waals surface area contributed by atoms with E-state index in [4.69, 9.17) is 0 Å². The fourth-order valence-corrected chi connectivity index (χ4v) is 2.92. The molecule has 1 amide bonds. The number of sulfonamides is 1. The van der Waals surface area contributed by atoms with Gasteiger partial charge in [-0.15, -0.1) is 0 Å². The van der Waals surface area contributed by atoms with E-state index < -0.39 is 10.0 Å². The minimum Gasteiger partial charge on any atom is -0.353 e. The van der Waals surface area contributed by atoms with E-state index in [2.05, 4.69) is 5.32 Å². The van der Waals surface area contributed by atoms with E-state index in [-0.39, 0.29) is 11.8 Å². The summed E-state index contributed by atoms with van der Waals surface area (Å²) in [6, 6.07) is 0.348. The third kappa shape index (κ3) is 2.95. The van der Waals surface area contributed by atoms with Crippen molar-refractivity contribution in [2.45, 2.75) is 31.7 Å². The second kappa shape index (κ2) is 4.33. The number of carbonyl (C=O) groups is 1. The zero-order chi connectivity index (χ0) is 11.8. The molecular formula is C10H18N2O3S. The summed E-state index contributed by atoms with van der Waals surface area (Å²) < 4.78 is 24.2. The molecular weight excluding hydrogens is 228 g/mol. The number of hydrogen-bond donors (Lipinski definition) is 1. The number of rotatable bonds is 3. The van der Waals surface area contributed by atoms with Gasteiger partial charge in [0.15, 0.2) is 0 Å². The summed E-state index contributed by atoms with van der Waals surface area (Å²) in [6.45, 7) is 0.892. The van der Waals surface area contributed by atoms with Gasteiger partial charge in [-0.05, 0) is 25.7 Å². The third-order valence-corrected chi connectivity index (χ3v) is 4.42. The number of hydrogen-bond acceptors (Lipinski definition) is 3. The van der Waals surface area contributed by atoms with Crippen LogP contribution in [0.15, 0.2) is 0 Å². The Morgan fingerprint density at radius 1 is 1.31 bits per heavy atom. The van der Waals surface area contributed by atoms with E-state index in [9.17, 15) is 13.2 Å². The molecule has 0 aromatic heterocycles. The number of piperidine rings is 1. The first kappa shape index (κ1) is 11.9. The highest BCUT2D eigenvalue weighted by molar-refractivity contribution is 7.88. The number of nitrogens with one attached hydrogen (secondary N) is 1. The van der Waals surface area contributed by atoms with Crippen molar-refractivity contribution in [1.29, 1.82) is 0 Å². The molecule has 2 aliphatic rings. The molecule has 0 radical (unpaired) electrons. The Bertz CT molecular complexity index is 376. The molecule has 1 aliphatic heterocycles. The summed E-state index contributed by atoms with van der Waals surface area (Å²) >= 11 is 0. The average Bonchev–Trinajstić information content (AvgIpc) is 3.00. The van der Waals surface area contributed by atoms with Gasteiger partial charge in [-0.1, -0.05) is 0 Å². The van der Waals surface area contributed by atoms with Crippen molar-refractivity contribution >= 4 is 15.9 Å². The molecule has 2 fully saturated rings. The number of carbonyl (C=O) groups excluding carboxylic acids is 1. The van der Waals surface area contributed by atoms with Crippen molar-refractivity contribution in [3.05, 3.63) is 0 Å². The molecule has 0 unspecified atom stereocenters. The Kier molecular flexibility index (Phi) is 3.21. The molecule has 1 atom stereocenters. The van der Waals surface area contributed by atoms with Crippen LogP contribution in [0.3, 0.4) is 0 Å². The van der Waals surface area contributed by atoms with Crippen LogP contribution in [0.1, 0.15) is 25.7 Å². The molecule has 0 aromatic carbocycles. The monoisotopic (exact) mass is 246 g/mol. The van der Waals surface area contributed by atoms with Gasteiger partial charge in [0.1, 0.15) is 0 Å². The predicted octanol–water partition coefficient (Wildman–Crippen LogP) is -0.0634. The first-order valence-corrected chi connectivity index (χ1v) is 7.57. The lowest BCUT2D eigenvalue weighted by Crippen LogP contribution is -2.45. The van der Waals surface area contributed by atoms with Crippen LogP contribution in [0.5, 0.6) is 0 Å². The SMILES string of the molecule is CS(=O)(=O)N1CCC[C@@H](C(=O)NC2CC2)C1. The van der Waals surface area contributed by atoms with Gasteiger partial charge < -0.3 is 5.32 Å². The smallest absolute Gasteiger partial charge is 0.224 e.